The molecule has 26 heavy (non-hydrogen) atoms. The number of hydrogen-bond donors (Lipinski definition) is 3. The summed E-state index contributed by atoms with van der Waals surface area (Å²) >= 11 is 0. The van der Waals surface area contributed by atoms with Crippen molar-refractivity contribution in [1.82, 2.24) is 20.9 Å². The van der Waals surface area contributed by atoms with Gasteiger partial charge >= 0.3 is 0 Å². The second-order valence-corrected chi connectivity index (χ2v) is 6.09. The van der Waals surface area contributed by atoms with Crippen molar-refractivity contribution >= 4 is 43.5 Å². The van der Waals surface area contributed by atoms with Crippen LogP contribution >= 0.6 is 37.2 Å². The summed E-state index contributed by atoms with van der Waals surface area (Å²) in [4.78, 5) is 13.2. The molecule has 0 bridgehead atoms. The number of carbonyl (C=O) groups is 1. The molecule has 152 valence electrons. The lowest BCUT2D eigenvalue weighted by atomic mass is 10.1. The minimum Gasteiger partial charge on any atom is -0.315 e. The van der Waals surface area contributed by atoms with Crippen LogP contribution in [-0.2, 0) is 6.54 Å². The highest BCUT2D eigenvalue weighted by atomic mass is 35.5. The van der Waals surface area contributed by atoms with E-state index in [0.29, 0.717) is 0 Å². The van der Waals surface area contributed by atoms with Gasteiger partial charge in [-0.2, -0.15) is 0 Å². The third-order valence-corrected chi connectivity index (χ3v) is 4.14. The molecule has 2 rings (SSSR count). The summed E-state index contributed by atoms with van der Waals surface area (Å²) in [5, 5.41) is 10.5. The van der Waals surface area contributed by atoms with E-state index in [1.807, 2.05) is 12.1 Å². The molecule has 1 aromatic carbocycles. The molecule has 0 saturated carbocycles. The van der Waals surface area contributed by atoms with Crippen LogP contribution in [0.1, 0.15) is 28.8 Å². The lowest BCUT2D eigenvalue weighted by Gasteiger charge is -2.23. The Morgan fingerprint density at radius 1 is 0.769 bits per heavy atom. The van der Waals surface area contributed by atoms with Gasteiger partial charge in [0.15, 0.2) is 0 Å². The largest absolute Gasteiger partial charge is 0.315 e. The van der Waals surface area contributed by atoms with Crippen molar-refractivity contribution in [3.05, 3.63) is 35.4 Å². The smallest absolute Gasteiger partial charge is 0.150 e. The summed E-state index contributed by atoms with van der Waals surface area (Å²) in [6.45, 7) is 9.44. The first-order valence-electron chi connectivity index (χ1n) is 8.77. The van der Waals surface area contributed by atoms with Gasteiger partial charge in [0.05, 0.1) is 0 Å². The maximum atomic E-state index is 10.7. The normalized spacial score (nSPS) is 17.5. The molecule has 1 aromatic rings. The van der Waals surface area contributed by atoms with Gasteiger partial charge < -0.3 is 16.0 Å². The number of halogens is 3. The van der Waals surface area contributed by atoms with Crippen LogP contribution in [0.4, 0.5) is 0 Å². The van der Waals surface area contributed by atoms with Crippen molar-refractivity contribution < 1.29 is 4.79 Å². The zero-order valence-corrected chi connectivity index (χ0v) is 17.7. The van der Waals surface area contributed by atoms with Gasteiger partial charge in [-0.1, -0.05) is 24.3 Å². The van der Waals surface area contributed by atoms with E-state index in [-0.39, 0.29) is 37.2 Å². The monoisotopic (exact) mass is 426 g/mol. The molecule has 0 atom stereocenters. The quantitative estimate of drug-likeness (QED) is 0.645. The Kier molecular flexibility index (Phi) is 19.2. The topological polar surface area (TPSA) is 56.4 Å². The summed E-state index contributed by atoms with van der Waals surface area (Å²) in [6.07, 6.45) is 3.23. The van der Waals surface area contributed by atoms with E-state index >= 15 is 0 Å². The van der Waals surface area contributed by atoms with Crippen LogP contribution < -0.4 is 16.0 Å². The Morgan fingerprint density at radius 2 is 1.35 bits per heavy atom. The lowest BCUT2D eigenvalue weighted by molar-refractivity contribution is 0.112. The number of nitrogens with one attached hydrogen (secondary N) is 3. The Hall–Kier alpha value is -0.400. The van der Waals surface area contributed by atoms with Crippen molar-refractivity contribution in [1.29, 1.82) is 0 Å². The highest BCUT2D eigenvalue weighted by molar-refractivity contribution is 5.86. The Bertz CT molecular complexity index is 435. The molecule has 0 aliphatic carbocycles. The minimum absolute atomic E-state index is 0. The molecule has 1 saturated heterocycles. The van der Waals surface area contributed by atoms with E-state index in [2.05, 4.69) is 33.0 Å². The summed E-state index contributed by atoms with van der Waals surface area (Å²) in [7, 11) is 0. The maximum absolute atomic E-state index is 10.7. The fourth-order valence-electron chi connectivity index (χ4n) is 2.78. The molecular weight excluding hydrogens is 395 g/mol. The van der Waals surface area contributed by atoms with Gasteiger partial charge in [-0.25, -0.2) is 0 Å². The molecule has 1 aliphatic rings. The molecule has 5 nitrogen and oxygen atoms in total. The van der Waals surface area contributed by atoms with Crippen LogP contribution in [0, 0.1) is 0 Å². The fourth-order valence-corrected chi connectivity index (χ4v) is 2.78. The van der Waals surface area contributed by atoms with E-state index in [1.54, 1.807) is 0 Å². The zero-order chi connectivity index (χ0) is 16.2. The number of nitrogens with zero attached hydrogens (tertiary/aromatic N) is 1. The second-order valence-electron chi connectivity index (χ2n) is 6.09. The highest BCUT2D eigenvalue weighted by Crippen LogP contribution is 2.07. The van der Waals surface area contributed by atoms with Crippen LogP contribution in [0.15, 0.2) is 24.3 Å². The Balaban J connectivity index is 0. The van der Waals surface area contributed by atoms with Gasteiger partial charge in [-0.05, 0) is 44.6 Å². The van der Waals surface area contributed by atoms with Gasteiger partial charge in [0, 0.05) is 38.3 Å². The summed E-state index contributed by atoms with van der Waals surface area (Å²) in [5.41, 5.74) is 2.02. The van der Waals surface area contributed by atoms with Gasteiger partial charge in [0.1, 0.15) is 6.29 Å². The van der Waals surface area contributed by atoms with Crippen LogP contribution in [0.25, 0.3) is 0 Å². The minimum atomic E-state index is 0. The van der Waals surface area contributed by atoms with E-state index < -0.39 is 0 Å². The maximum Gasteiger partial charge on any atom is 0.150 e. The summed E-state index contributed by atoms with van der Waals surface area (Å²) in [6, 6.07) is 7.93. The molecule has 0 amide bonds. The molecule has 8 heteroatoms. The Labute approximate surface area is 176 Å². The first-order chi connectivity index (χ1) is 11.4. The first kappa shape index (κ1) is 27.8. The van der Waals surface area contributed by atoms with Gasteiger partial charge in [-0.15, -0.1) is 37.2 Å². The van der Waals surface area contributed by atoms with E-state index in [0.717, 1.165) is 77.2 Å². The van der Waals surface area contributed by atoms with Gasteiger partial charge in [-0.3, -0.25) is 9.69 Å². The van der Waals surface area contributed by atoms with Crippen molar-refractivity contribution in [3.8, 4) is 0 Å². The molecule has 0 aromatic heterocycles. The third-order valence-electron chi connectivity index (χ3n) is 4.14. The number of rotatable bonds is 3. The van der Waals surface area contributed by atoms with E-state index in [4.69, 9.17) is 0 Å². The van der Waals surface area contributed by atoms with Crippen LogP contribution in [0.5, 0.6) is 0 Å². The molecule has 3 N–H and O–H groups in total. The van der Waals surface area contributed by atoms with E-state index in [1.165, 1.54) is 12.0 Å². The molecule has 1 fully saturated rings. The zero-order valence-electron chi connectivity index (χ0n) is 15.2. The standard InChI is InChI=1S/C18H30N4O.3ClH/c23-16-18-5-3-17(4-6-18)15-22-13-2-9-20-11-10-19-7-1-8-21-12-14-22;;;/h3-6,16,19-21H,1-2,7-15H2;3*1H. The average molecular weight is 428 g/mol. The Morgan fingerprint density at radius 3 is 1.96 bits per heavy atom. The number of hydrogen-bond acceptors (Lipinski definition) is 5. The molecule has 0 unspecified atom stereocenters. The van der Waals surface area contributed by atoms with Crippen LogP contribution in [0.2, 0.25) is 0 Å². The van der Waals surface area contributed by atoms with E-state index in [9.17, 15) is 4.79 Å². The SMILES string of the molecule is Cl.Cl.Cl.O=Cc1ccc(CN2CCCNCCNCCCNCC2)cc1. The third kappa shape index (κ3) is 12.1. The number of aldehydes is 1. The predicted molar refractivity (Wildman–Crippen MR) is 117 cm³/mol. The number of carbonyl (C=O) groups excluding carboxylic acids is 1. The van der Waals surface area contributed by atoms with Crippen LogP contribution in [0.3, 0.4) is 0 Å². The summed E-state index contributed by atoms with van der Waals surface area (Å²) in [5.74, 6) is 0. The molecule has 1 heterocycles. The summed E-state index contributed by atoms with van der Waals surface area (Å²) < 4.78 is 0. The highest BCUT2D eigenvalue weighted by Gasteiger charge is 2.06. The molecule has 1 aliphatic heterocycles. The lowest BCUT2D eigenvalue weighted by Crippen LogP contribution is -2.36. The fraction of sp³-hybridized carbons (Fsp3) is 0.611. The molecular formula is C18H33Cl3N4O. The molecule has 0 radical (unpaired) electrons. The van der Waals surface area contributed by atoms with Crippen molar-refractivity contribution in [2.24, 2.45) is 0 Å². The van der Waals surface area contributed by atoms with Crippen LogP contribution in [-0.4, -0.2) is 63.5 Å². The number of benzene rings is 1. The first-order valence-corrected chi connectivity index (χ1v) is 8.77. The van der Waals surface area contributed by atoms with Gasteiger partial charge in [0.25, 0.3) is 0 Å². The predicted octanol–water partition coefficient (Wildman–Crippen LogP) is 2.13. The van der Waals surface area contributed by atoms with Gasteiger partial charge in [0.2, 0.25) is 0 Å². The van der Waals surface area contributed by atoms with Crippen molar-refractivity contribution in [2.45, 2.75) is 19.4 Å². The average Bonchev–Trinajstić information content (AvgIpc) is 2.59. The molecule has 0 spiro atoms. The van der Waals surface area contributed by atoms with Crippen molar-refractivity contribution in [2.75, 3.05) is 52.4 Å². The van der Waals surface area contributed by atoms with Crippen molar-refractivity contribution in [3.63, 3.8) is 0 Å². The second kappa shape index (κ2) is 18.0.